The van der Waals surface area contributed by atoms with Gasteiger partial charge in [-0.25, -0.2) is 13.2 Å². The average Bonchev–Trinajstić information content (AvgIpc) is 2.72. The summed E-state index contributed by atoms with van der Waals surface area (Å²) in [4.78, 5) is 23.7. The van der Waals surface area contributed by atoms with Gasteiger partial charge in [0.1, 0.15) is 12.3 Å². The lowest BCUT2D eigenvalue weighted by Gasteiger charge is -2.24. The maximum absolute atomic E-state index is 13.3. The average molecular weight is 442 g/mol. The second kappa shape index (κ2) is 9.62. The molecular formula is C19H20ClNO7S. The molecule has 0 aliphatic heterocycles. The summed E-state index contributed by atoms with van der Waals surface area (Å²) in [7, 11) is -1.89. The number of carbonyl (C=O) groups is 2. The lowest BCUT2D eigenvalue weighted by Crippen LogP contribution is -2.36. The van der Waals surface area contributed by atoms with E-state index in [1.54, 1.807) is 6.92 Å². The van der Waals surface area contributed by atoms with Crippen LogP contribution < -0.4 is 9.04 Å². The fourth-order valence-electron chi connectivity index (χ4n) is 2.43. The van der Waals surface area contributed by atoms with Gasteiger partial charge in [0, 0.05) is 0 Å². The van der Waals surface area contributed by atoms with Crippen molar-refractivity contribution >= 4 is 39.3 Å². The van der Waals surface area contributed by atoms with Crippen molar-refractivity contribution in [3.05, 3.63) is 53.1 Å². The van der Waals surface area contributed by atoms with E-state index in [1.165, 1.54) is 49.6 Å². The van der Waals surface area contributed by atoms with Crippen LogP contribution in [0.4, 0.5) is 5.69 Å². The SMILES string of the molecule is CCOc1ccc(S(=O)(=O)N(CC(=O)OC)c2cc(C(=O)OC)ccc2Cl)cc1. The van der Waals surface area contributed by atoms with Crippen molar-refractivity contribution in [2.75, 3.05) is 31.7 Å². The zero-order valence-corrected chi connectivity index (χ0v) is 17.6. The highest BCUT2D eigenvalue weighted by Crippen LogP contribution is 2.32. The molecule has 0 N–H and O–H groups in total. The summed E-state index contributed by atoms with van der Waals surface area (Å²) in [6, 6.07) is 9.67. The van der Waals surface area contributed by atoms with Crippen LogP contribution in [-0.4, -0.2) is 47.7 Å². The van der Waals surface area contributed by atoms with Gasteiger partial charge in [0.25, 0.3) is 10.0 Å². The summed E-state index contributed by atoms with van der Waals surface area (Å²) in [5.41, 5.74) is 0.0116. The Hall–Kier alpha value is -2.78. The summed E-state index contributed by atoms with van der Waals surface area (Å²) >= 11 is 6.20. The van der Waals surface area contributed by atoms with Crippen LogP contribution in [0.2, 0.25) is 5.02 Å². The Morgan fingerprint density at radius 2 is 1.69 bits per heavy atom. The molecule has 0 fully saturated rings. The van der Waals surface area contributed by atoms with Crippen LogP contribution in [-0.2, 0) is 24.3 Å². The molecule has 29 heavy (non-hydrogen) atoms. The van der Waals surface area contributed by atoms with E-state index in [0.29, 0.717) is 12.4 Å². The molecule has 0 saturated carbocycles. The smallest absolute Gasteiger partial charge is 0.337 e. The number of hydrogen-bond acceptors (Lipinski definition) is 7. The molecule has 0 heterocycles. The molecule has 0 aliphatic carbocycles. The molecule has 0 aliphatic rings. The monoisotopic (exact) mass is 441 g/mol. The van der Waals surface area contributed by atoms with Crippen molar-refractivity contribution in [2.24, 2.45) is 0 Å². The normalized spacial score (nSPS) is 10.9. The van der Waals surface area contributed by atoms with E-state index in [2.05, 4.69) is 9.47 Å². The molecule has 156 valence electrons. The van der Waals surface area contributed by atoms with Gasteiger partial charge in [-0.05, 0) is 49.4 Å². The summed E-state index contributed by atoms with van der Waals surface area (Å²) in [5.74, 6) is -0.991. The molecule has 8 nitrogen and oxygen atoms in total. The van der Waals surface area contributed by atoms with Gasteiger partial charge in [-0.3, -0.25) is 9.10 Å². The van der Waals surface area contributed by atoms with Gasteiger partial charge in [-0.2, -0.15) is 0 Å². The van der Waals surface area contributed by atoms with E-state index in [1.807, 2.05) is 0 Å². The predicted octanol–water partition coefficient (Wildman–Crippen LogP) is 2.89. The minimum atomic E-state index is -4.22. The molecule has 0 aromatic heterocycles. The van der Waals surface area contributed by atoms with Crippen LogP contribution in [0.5, 0.6) is 5.75 Å². The number of hydrogen-bond donors (Lipinski definition) is 0. The second-order valence-corrected chi connectivity index (χ2v) is 7.92. The number of carbonyl (C=O) groups excluding carboxylic acids is 2. The minimum absolute atomic E-state index is 0.0241. The molecule has 0 radical (unpaired) electrons. The van der Waals surface area contributed by atoms with Gasteiger partial charge < -0.3 is 14.2 Å². The summed E-state index contributed by atoms with van der Waals surface area (Å²) in [5, 5.41) is 0.0241. The van der Waals surface area contributed by atoms with Crippen molar-refractivity contribution < 1.29 is 32.2 Å². The zero-order valence-electron chi connectivity index (χ0n) is 16.0. The number of sulfonamides is 1. The Labute approximate surface area is 174 Å². The van der Waals surface area contributed by atoms with Crippen LogP contribution in [0.25, 0.3) is 0 Å². The molecule has 2 rings (SSSR count). The Morgan fingerprint density at radius 3 is 2.24 bits per heavy atom. The highest BCUT2D eigenvalue weighted by atomic mass is 35.5. The Morgan fingerprint density at radius 1 is 1.03 bits per heavy atom. The first-order chi connectivity index (χ1) is 13.7. The van der Waals surface area contributed by atoms with E-state index in [4.69, 9.17) is 16.3 Å². The molecule has 2 aromatic carbocycles. The highest BCUT2D eigenvalue weighted by Gasteiger charge is 2.30. The topological polar surface area (TPSA) is 99.2 Å². The van der Waals surface area contributed by atoms with Gasteiger partial charge in [0.15, 0.2) is 0 Å². The molecule has 0 saturated heterocycles. The third-order valence-electron chi connectivity index (χ3n) is 3.86. The number of ether oxygens (including phenoxy) is 3. The number of methoxy groups -OCH3 is 2. The number of esters is 2. The highest BCUT2D eigenvalue weighted by molar-refractivity contribution is 7.92. The van der Waals surface area contributed by atoms with Gasteiger partial charge in [0.05, 0.1) is 42.0 Å². The molecule has 0 atom stereocenters. The van der Waals surface area contributed by atoms with Crippen LogP contribution in [0, 0.1) is 0 Å². The predicted molar refractivity (Wildman–Crippen MR) is 107 cm³/mol. The van der Waals surface area contributed by atoms with Crippen molar-refractivity contribution in [3.8, 4) is 5.75 Å². The minimum Gasteiger partial charge on any atom is -0.494 e. The number of anilines is 1. The third-order valence-corrected chi connectivity index (χ3v) is 5.95. The van der Waals surface area contributed by atoms with Crippen molar-refractivity contribution in [3.63, 3.8) is 0 Å². The first-order valence-electron chi connectivity index (χ1n) is 8.44. The first kappa shape index (κ1) is 22.5. The lowest BCUT2D eigenvalue weighted by atomic mass is 10.2. The van der Waals surface area contributed by atoms with E-state index in [-0.39, 0.29) is 21.2 Å². The molecule has 0 spiro atoms. The third kappa shape index (κ3) is 5.18. The zero-order chi connectivity index (χ0) is 21.6. The van der Waals surface area contributed by atoms with Crippen molar-refractivity contribution in [2.45, 2.75) is 11.8 Å². The fraction of sp³-hybridized carbons (Fsp3) is 0.263. The molecular weight excluding hydrogens is 422 g/mol. The van der Waals surface area contributed by atoms with Crippen molar-refractivity contribution in [1.29, 1.82) is 0 Å². The molecule has 2 aromatic rings. The van der Waals surface area contributed by atoms with Gasteiger partial charge in [0.2, 0.25) is 0 Å². The Kier molecular flexibility index (Phi) is 7.46. The van der Waals surface area contributed by atoms with E-state index >= 15 is 0 Å². The van der Waals surface area contributed by atoms with E-state index < -0.39 is 28.5 Å². The van der Waals surface area contributed by atoms with Crippen LogP contribution in [0.1, 0.15) is 17.3 Å². The van der Waals surface area contributed by atoms with Gasteiger partial charge in [-0.1, -0.05) is 11.6 Å². The standard InChI is InChI=1S/C19H20ClNO7S/c1-4-28-14-6-8-15(9-7-14)29(24,25)21(12-18(22)26-2)17-11-13(19(23)27-3)5-10-16(17)20/h5-11H,4,12H2,1-3H3. The van der Waals surface area contributed by atoms with Gasteiger partial charge in [-0.15, -0.1) is 0 Å². The lowest BCUT2D eigenvalue weighted by molar-refractivity contribution is -0.138. The van der Waals surface area contributed by atoms with Crippen LogP contribution >= 0.6 is 11.6 Å². The molecule has 0 unspecified atom stereocenters. The molecule has 0 amide bonds. The number of nitrogens with zero attached hydrogens (tertiary/aromatic N) is 1. The number of rotatable bonds is 8. The second-order valence-electron chi connectivity index (χ2n) is 5.65. The van der Waals surface area contributed by atoms with Crippen molar-refractivity contribution in [1.82, 2.24) is 0 Å². The fourth-order valence-corrected chi connectivity index (χ4v) is 4.12. The van der Waals surface area contributed by atoms with E-state index in [9.17, 15) is 18.0 Å². The molecule has 10 heteroatoms. The quantitative estimate of drug-likeness (QED) is 0.580. The maximum atomic E-state index is 13.3. The molecule has 0 bridgehead atoms. The maximum Gasteiger partial charge on any atom is 0.337 e. The summed E-state index contributed by atoms with van der Waals surface area (Å²) in [6.45, 7) is 1.59. The largest absolute Gasteiger partial charge is 0.494 e. The first-order valence-corrected chi connectivity index (χ1v) is 10.3. The summed E-state index contributed by atoms with van der Waals surface area (Å²) in [6.07, 6.45) is 0. The van der Waals surface area contributed by atoms with E-state index in [0.717, 1.165) is 11.4 Å². The number of benzene rings is 2. The van der Waals surface area contributed by atoms with Gasteiger partial charge >= 0.3 is 11.9 Å². The Bertz CT molecular complexity index is 990. The Balaban J connectivity index is 2.58. The van der Waals surface area contributed by atoms with Crippen LogP contribution in [0.3, 0.4) is 0 Å². The number of halogens is 1. The summed E-state index contributed by atoms with van der Waals surface area (Å²) < 4.78 is 41.9. The van der Waals surface area contributed by atoms with Crippen LogP contribution in [0.15, 0.2) is 47.4 Å².